The van der Waals surface area contributed by atoms with Gasteiger partial charge >= 0.3 is 13.5 Å². The van der Waals surface area contributed by atoms with E-state index in [4.69, 9.17) is 14.5 Å². The average Bonchev–Trinajstić information content (AvgIpc) is 2.72. The van der Waals surface area contributed by atoms with Crippen molar-refractivity contribution >= 4 is 7.82 Å². The monoisotopic (exact) mass is 334 g/mol. The summed E-state index contributed by atoms with van der Waals surface area (Å²) >= 11 is 0. The summed E-state index contributed by atoms with van der Waals surface area (Å²) in [5.41, 5.74) is -0.918. The predicted molar refractivity (Wildman–Crippen MR) is 68.6 cm³/mol. The first-order chi connectivity index (χ1) is 9.67. The van der Waals surface area contributed by atoms with Crippen molar-refractivity contribution in [2.75, 3.05) is 6.61 Å². The number of nitrogens with zero attached hydrogens (tertiary/aromatic N) is 1. The minimum absolute atomic E-state index is 0.0283. The molecule has 1 fully saturated rings. The van der Waals surface area contributed by atoms with Gasteiger partial charge in [-0.25, -0.2) is 9.36 Å². The molecule has 0 bridgehead atoms. The highest BCUT2D eigenvalue weighted by Crippen LogP contribution is 2.38. The summed E-state index contributed by atoms with van der Waals surface area (Å²) in [4.78, 5) is 42.3. The number of aromatic nitrogens is 2. The van der Waals surface area contributed by atoms with Crippen LogP contribution in [0.15, 0.2) is 15.8 Å². The molecule has 1 aliphatic rings. The first-order valence-electron chi connectivity index (χ1n) is 6.03. The van der Waals surface area contributed by atoms with Gasteiger partial charge in [0.05, 0.1) is 12.7 Å². The summed E-state index contributed by atoms with van der Waals surface area (Å²) in [6.45, 7) is 0.994. The molecule has 10 nitrogen and oxygen atoms in total. The second kappa shape index (κ2) is 5.84. The third-order valence-corrected chi connectivity index (χ3v) is 3.55. The smallest absolute Gasteiger partial charge is 0.390 e. The molecule has 0 spiro atoms. The van der Waals surface area contributed by atoms with Crippen LogP contribution < -0.4 is 11.2 Å². The van der Waals surface area contributed by atoms with E-state index in [-0.39, 0.29) is 6.42 Å². The summed E-state index contributed by atoms with van der Waals surface area (Å²) in [7, 11) is -4.67. The Labute approximate surface area is 118 Å². The van der Waals surface area contributed by atoms with Crippen LogP contribution >= 0.6 is 7.82 Å². The van der Waals surface area contributed by atoms with Gasteiger partial charge < -0.3 is 19.6 Å². The van der Waals surface area contributed by atoms with Gasteiger partial charge in [-0.2, -0.15) is 0 Å². The number of phosphoric acid groups is 1. The molecule has 4 N–H and O–H groups in total. The number of H-pyrrole nitrogens is 1. The van der Waals surface area contributed by atoms with Crippen LogP contribution in [0, 0.1) is 6.92 Å². The number of hydrogen-bond acceptors (Lipinski definition) is 6. The van der Waals surface area contributed by atoms with Crippen LogP contribution in [-0.2, 0) is 13.8 Å². The second-order valence-electron chi connectivity index (χ2n) is 4.70. The van der Waals surface area contributed by atoms with Gasteiger partial charge in [0.1, 0.15) is 12.3 Å². The lowest BCUT2D eigenvalue weighted by molar-refractivity contribution is -0.0451. The Bertz CT molecular complexity index is 676. The number of aliphatic hydroxyl groups excluding tert-OH is 1. The molecule has 0 radical (unpaired) electrons. The number of aliphatic hydroxyl groups is 1. The van der Waals surface area contributed by atoms with Crippen molar-refractivity contribution in [3.05, 3.63) is 32.6 Å². The summed E-state index contributed by atoms with van der Waals surface area (Å²) in [5, 5.41) is 9.79. The molecule has 2 rings (SSSR count). The maximum absolute atomic E-state index is 11.7. The highest BCUT2D eigenvalue weighted by molar-refractivity contribution is 7.46. The molecule has 0 saturated carbocycles. The quantitative estimate of drug-likeness (QED) is 0.388. The van der Waals surface area contributed by atoms with E-state index < -0.39 is 44.1 Å². The molecule has 0 aliphatic carbocycles. The van der Waals surface area contributed by atoms with Gasteiger partial charge in [-0.1, -0.05) is 0 Å². The minimum Gasteiger partial charge on any atom is -0.390 e. The largest absolute Gasteiger partial charge is 0.469 e. The fourth-order valence-electron chi connectivity index (χ4n) is 2.01. The van der Waals surface area contributed by atoms with E-state index in [9.17, 15) is 19.3 Å². The van der Waals surface area contributed by atoms with E-state index in [2.05, 4.69) is 9.51 Å². The van der Waals surface area contributed by atoms with Gasteiger partial charge in [0.15, 0.2) is 0 Å². The zero-order valence-corrected chi connectivity index (χ0v) is 11.9. The van der Waals surface area contributed by atoms with Crippen LogP contribution in [0.1, 0.15) is 18.2 Å². The Morgan fingerprint density at radius 1 is 1.52 bits per heavy atom. The maximum Gasteiger partial charge on any atom is 0.469 e. The molecule has 1 saturated heterocycles. The Hall–Kier alpha value is -1.29. The van der Waals surface area contributed by atoms with Crippen LogP contribution in [0.5, 0.6) is 0 Å². The molecule has 11 heteroatoms. The fraction of sp³-hybridized carbons (Fsp3) is 0.600. The molecular formula is C10H15N2O8P. The molecule has 118 valence electrons. The second-order valence-corrected chi connectivity index (χ2v) is 5.94. The average molecular weight is 334 g/mol. The number of aromatic amines is 1. The lowest BCUT2D eigenvalue weighted by Gasteiger charge is -2.16. The van der Waals surface area contributed by atoms with Crippen LogP contribution in [0.25, 0.3) is 0 Å². The van der Waals surface area contributed by atoms with Gasteiger partial charge in [-0.15, -0.1) is 0 Å². The topological polar surface area (TPSA) is 151 Å². The summed E-state index contributed by atoms with van der Waals surface area (Å²) < 4.78 is 21.4. The first-order valence-corrected chi connectivity index (χ1v) is 7.56. The van der Waals surface area contributed by atoms with E-state index in [1.807, 2.05) is 0 Å². The first kappa shape index (κ1) is 16.1. The van der Waals surface area contributed by atoms with Crippen LogP contribution in [0.4, 0.5) is 0 Å². The number of rotatable bonds is 4. The predicted octanol–water partition coefficient (Wildman–Crippen LogP) is -1.40. The van der Waals surface area contributed by atoms with Crippen molar-refractivity contribution in [1.29, 1.82) is 0 Å². The zero-order chi connectivity index (χ0) is 15.8. The molecule has 1 aromatic heterocycles. The van der Waals surface area contributed by atoms with Crippen molar-refractivity contribution < 1.29 is 28.7 Å². The maximum atomic E-state index is 11.7. The standard InChI is InChI=1S/C10H15N2O8P/c1-5-3-12(10(15)11-9(5)14)8-2-6(13)7(20-8)4-19-21(16,17)18/h3,6-8,13H,2,4H2,1H3,(H,11,14,15)(H2,16,17,18)/t6-,7-,8-/m1/s1/i1+1,2+1,3+1,4+1,5+1,6+1,7+1,8+1,9+1,10+1,11+1,12+1. The van der Waals surface area contributed by atoms with Crippen molar-refractivity contribution in [2.24, 2.45) is 0 Å². The van der Waals surface area contributed by atoms with Gasteiger partial charge in [-0.05, 0) is 6.92 Å². The van der Waals surface area contributed by atoms with E-state index in [0.29, 0.717) is 5.56 Å². The fourth-order valence-corrected chi connectivity index (χ4v) is 2.35. The molecule has 1 aliphatic heterocycles. The lowest BCUT2D eigenvalue weighted by atomic mass is 11.1. The normalized spacial score (nSPS) is 26.2. The molecule has 1 aromatic rings. The number of ether oxygens (including phenoxy) is 1. The van der Waals surface area contributed by atoms with Gasteiger partial charge in [0.25, 0.3) is 5.56 Å². The number of hydrogen-bond donors (Lipinski definition) is 4. The highest BCUT2D eigenvalue weighted by atomic mass is 31.2. The number of aryl methyl sites for hydroxylation is 1. The summed E-state index contributed by atoms with van der Waals surface area (Å²) in [5.74, 6) is 0. The molecular weight excluding hydrogens is 319 g/mol. The van der Waals surface area contributed by atoms with Crippen LogP contribution in [-0.4, -0.2) is 43.3 Å². The lowest BCUT2D eigenvalue weighted by Crippen LogP contribution is -2.33. The minimum atomic E-state index is -4.67. The molecule has 0 unspecified atom stereocenters. The third kappa shape index (κ3) is 3.88. The van der Waals surface area contributed by atoms with Crippen LogP contribution in [0.3, 0.4) is 0 Å². The van der Waals surface area contributed by atoms with Crippen LogP contribution in [0.2, 0.25) is 0 Å². The Kier molecular flexibility index (Phi) is 4.47. The van der Waals surface area contributed by atoms with Crippen molar-refractivity contribution in [1.82, 2.24) is 9.55 Å². The summed E-state index contributed by atoms with van der Waals surface area (Å²) in [6, 6.07) is 0. The van der Waals surface area contributed by atoms with Gasteiger partial charge in [0, 0.05) is 18.2 Å². The number of phosphoric ester groups is 1. The number of nitrogens with one attached hydrogen (secondary N) is 1. The molecule has 21 heavy (non-hydrogen) atoms. The van der Waals surface area contributed by atoms with E-state index in [1.165, 1.54) is 13.1 Å². The SMILES string of the molecule is [13CH3][13c]1[13cH][15n]([13C@H]2[13CH2][13C@@H](O)[13C@@H]([13CH2]OP(=O)(O)O)O2)[13c](=O)[15nH][13c]1=O. The third-order valence-electron chi connectivity index (χ3n) is 3.07. The Balaban J connectivity index is 2.14. The molecule has 0 amide bonds. The Morgan fingerprint density at radius 3 is 2.81 bits per heavy atom. The van der Waals surface area contributed by atoms with E-state index in [0.717, 1.165) is 4.57 Å². The van der Waals surface area contributed by atoms with Crippen molar-refractivity contribution in [3.8, 4) is 0 Å². The van der Waals surface area contributed by atoms with E-state index >= 15 is 0 Å². The highest BCUT2D eigenvalue weighted by Gasteiger charge is 2.37. The molecule has 0 aromatic carbocycles. The molecule has 3 atom stereocenters. The Morgan fingerprint density at radius 2 is 2.19 bits per heavy atom. The molecule has 2 heterocycles. The van der Waals surface area contributed by atoms with E-state index in [1.54, 1.807) is 0 Å². The van der Waals surface area contributed by atoms with Crippen molar-refractivity contribution in [2.45, 2.75) is 31.8 Å². The van der Waals surface area contributed by atoms with Gasteiger partial charge in [0.2, 0.25) is 0 Å². The van der Waals surface area contributed by atoms with Crippen molar-refractivity contribution in [3.63, 3.8) is 0 Å². The summed E-state index contributed by atoms with van der Waals surface area (Å²) in [6.07, 6.45) is -1.57. The zero-order valence-electron chi connectivity index (χ0n) is 11.0. The van der Waals surface area contributed by atoms with Gasteiger partial charge in [-0.3, -0.25) is 18.9 Å².